The van der Waals surface area contributed by atoms with Crippen molar-refractivity contribution in [3.8, 4) is 0 Å². The first-order valence-electron chi connectivity index (χ1n) is 7.36. The van der Waals surface area contributed by atoms with Crippen molar-refractivity contribution in [1.29, 1.82) is 0 Å². The number of carbonyl (C=O) groups is 2. The van der Waals surface area contributed by atoms with Gasteiger partial charge in [0.2, 0.25) is 11.8 Å². The van der Waals surface area contributed by atoms with Crippen LogP contribution in [0, 0.1) is 11.7 Å². The van der Waals surface area contributed by atoms with E-state index < -0.39 is 11.7 Å². The second-order valence-electron chi connectivity index (χ2n) is 5.47. The van der Waals surface area contributed by atoms with Gasteiger partial charge in [-0.25, -0.2) is 4.39 Å². The predicted molar refractivity (Wildman–Crippen MR) is 82.8 cm³/mol. The SMILES string of the molecule is O=C(Nc1ccccc1F)[C@H]1CC(=O)N(Cc2ccccn2)C1. The third-order valence-corrected chi connectivity index (χ3v) is 3.80. The van der Waals surface area contributed by atoms with Gasteiger partial charge in [0.15, 0.2) is 0 Å². The van der Waals surface area contributed by atoms with Crippen LogP contribution in [-0.4, -0.2) is 28.2 Å². The number of aromatic nitrogens is 1. The van der Waals surface area contributed by atoms with Gasteiger partial charge in [-0.3, -0.25) is 14.6 Å². The zero-order chi connectivity index (χ0) is 16.2. The molecule has 5 nitrogen and oxygen atoms in total. The molecule has 0 bridgehead atoms. The normalized spacial score (nSPS) is 17.3. The van der Waals surface area contributed by atoms with Crippen LogP contribution in [0.5, 0.6) is 0 Å². The van der Waals surface area contributed by atoms with Crippen LogP contribution < -0.4 is 5.32 Å². The molecule has 0 spiro atoms. The van der Waals surface area contributed by atoms with Gasteiger partial charge in [-0.1, -0.05) is 18.2 Å². The van der Waals surface area contributed by atoms with Crippen LogP contribution in [-0.2, 0) is 16.1 Å². The summed E-state index contributed by atoms with van der Waals surface area (Å²) in [5.74, 6) is -1.40. The minimum Gasteiger partial charge on any atom is -0.336 e. The number of amides is 2. The highest BCUT2D eigenvalue weighted by molar-refractivity contribution is 5.97. The summed E-state index contributed by atoms with van der Waals surface area (Å²) in [5.41, 5.74) is 0.907. The number of rotatable bonds is 4. The van der Waals surface area contributed by atoms with E-state index in [-0.39, 0.29) is 23.9 Å². The van der Waals surface area contributed by atoms with Gasteiger partial charge >= 0.3 is 0 Å². The summed E-state index contributed by atoms with van der Waals surface area (Å²) in [5, 5.41) is 2.55. The lowest BCUT2D eigenvalue weighted by Gasteiger charge is -2.16. The molecule has 1 aliphatic heterocycles. The number of halogens is 1. The Balaban J connectivity index is 1.63. The highest BCUT2D eigenvalue weighted by Crippen LogP contribution is 2.22. The van der Waals surface area contributed by atoms with Crippen LogP contribution in [0.2, 0.25) is 0 Å². The standard InChI is InChI=1S/C17H16FN3O2/c18-14-6-1-2-7-15(14)20-17(23)12-9-16(22)21(10-12)11-13-5-3-4-8-19-13/h1-8,12H,9-11H2,(H,20,23)/t12-/m0/s1. The fourth-order valence-electron chi connectivity index (χ4n) is 2.59. The number of carbonyl (C=O) groups excluding carboxylic acids is 2. The number of pyridine rings is 1. The number of hydrogen-bond donors (Lipinski definition) is 1. The lowest BCUT2D eigenvalue weighted by Crippen LogP contribution is -2.28. The molecule has 1 fully saturated rings. The molecule has 1 saturated heterocycles. The lowest BCUT2D eigenvalue weighted by atomic mass is 10.1. The Kier molecular flexibility index (Phi) is 4.32. The Hall–Kier alpha value is -2.76. The Labute approximate surface area is 133 Å². The van der Waals surface area contributed by atoms with E-state index >= 15 is 0 Å². The molecule has 1 aliphatic rings. The maximum absolute atomic E-state index is 13.6. The maximum atomic E-state index is 13.6. The molecule has 2 amide bonds. The molecule has 1 aromatic heterocycles. The monoisotopic (exact) mass is 313 g/mol. The number of likely N-dealkylation sites (tertiary alicyclic amines) is 1. The number of anilines is 1. The second-order valence-corrected chi connectivity index (χ2v) is 5.47. The molecule has 0 aliphatic carbocycles. The van der Waals surface area contributed by atoms with E-state index in [1.807, 2.05) is 12.1 Å². The van der Waals surface area contributed by atoms with Gasteiger partial charge in [-0.05, 0) is 24.3 Å². The summed E-state index contributed by atoms with van der Waals surface area (Å²) >= 11 is 0. The fraction of sp³-hybridized carbons (Fsp3) is 0.235. The van der Waals surface area contributed by atoms with E-state index in [9.17, 15) is 14.0 Å². The fourth-order valence-corrected chi connectivity index (χ4v) is 2.59. The minimum absolute atomic E-state index is 0.0932. The van der Waals surface area contributed by atoms with Gasteiger partial charge < -0.3 is 10.2 Å². The third kappa shape index (κ3) is 3.53. The number of para-hydroxylation sites is 1. The largest absolute Gasteiger partial charge is 0.336 e. The van der Waals surface area contributed by atoms with Crippen LogP contribution in [0.1, 0.15) is 12.1 Å². The zero-order valence-corrected chi connectivity index (χ0v) is 12.4. The molecule has 1 N–H and O–H groups in total. The molecule has 1 aromatic carbocycles. The molecule has 0 unspecified atom stereocenters. The average molecular weight is 313 g/mol. The maximum Gasteiger partial charge on any atom is 0.229 e. The van der Waals surface area contributed by atoms with Crippen molar-refractivity contribution in [3.63, 3.8) is 0 Å². The Morgan fingerprint density at radius 1 is 1.26 bits per heavy atom. The Morgan fingerprint density at radius 2 is 2.04 bits per heavy atom. The molecule has 0 saturated carbocycles. The highest BCUT2D eigenvalue weighted by atomic mass is 19.1. The minimum atomic E-state index is -0.490. The summed E-state index contributed by atoms with van der Waals surface area (Å²) in [7, 11) is 0. The molecule has 118 valence electrons. The van der Waals surface area contributed by atoms with Gasteiger partial charge in [-0.15, -0.1) is 0 Å². The van der Waals surface area contributed by atoms with Crippen molar-refractivity contribution in [3.05, 3.63) is 60.2 Å². The smallest absolute Gasteiger partial charge is 0.229 e. The summed E-state index contributed by atoms with van der Waals surface area (Å²) in [4.78, 5) is 30.1. The number of hydrogen-bond acceptors (Lipinski definition) is 3. The van der Waals surface area contributed by atoms with E-state index in [0.717, 1.165) is 5.69 Å². The van der Waals surface area contributed by atoms with Crippen LogP contribution in [0.3, 0.4) is 0 Å². The predicted octanol–water partition coefficient (Wildman–Crippen LogP) is 2.21. The summed E-state index contributed by atoms with van der Waals surface area (Å²) in [6, 6.07) is 11.5. The van der Waals surface area contributed by atoms with E-state index in [4.69, 9.17) is 0 Å². The first-order chi connectivity index (χ1) is 11.1. The molecule has 6 heteroatoms. The van der Waals surface area contributed by atoms with Gasteiger partial charge in [-0.2, -0.15) is 0 Å². The van der Waals surface area contributed by atoms with Gasteiger partial charge in [0.1, 0.15) is 5.82 Å². The molecular formula is C17H16FN3O2. The molecule has 23 heavy (non-hydrogen) atoms. The Bertz CT molecular complexity index is 721. The van der Waals surface area contributed by atoms with Gasteiger partial charge in [0, 0.05) is 19.2 Å². The third-order valence-electron chi connectivity index (χ3n) is 3.80. The van der Waals surface area contributed by atoms with E-state index in [1.165, 1.54) is 12.1 Å². The quantitative estimate of drug-likeness (QED) is 0.941. The van der Waals surface area contributed by atoms with E-state index in [1.54, 1.807) is 29.3 Å². The van der Waals surface area contributed by atoms with Crippen molar-refractivity contribution in [2.45, 2.75) is 13.0 Å². The van der Waals surface area contributed by atoms with Crippen molar-refractivity contribution in [2.75, 3.05) is 11.9 Å². The van der Waals surface area contributed by atoms with Crippen molar-refractivity contribution < 1.29 is 14.0 Å². The molecule has 2 aromatic rings. The lowest BCUT2D eigenvalue weighted by molar-refractivity contribution is -0.128. The topological polar surface area (TPSA) is 62.3 Å². The molecule has 3 rings (SSSR count). The van der Waals surface area contributed by atoms with Crippen molar-refractivity contribution in [1.82, 2.24) is 9.88 Å². The second kappa shape index (κ2) is 6.56. The first-order valence-corrected chi connectivity index (χ1v) is 7.36. The van der Waals surface area contributed by atoms with E-state index in [0.29, 0.717) is 13.1 Å². The first kappa shape index (κ1) is 15.1. The average Bonchev–Trinajstić information content (AvgIpc) is 2.92. The summed E-state index contributed by atoms with van der Waals surface area (Å²) in [6.07, 6.45) is 1.80. The van der Waals surface area contributed by atoms with Crippen molar-refractivity contribution in [2.24, 2.45) is 5.92 Å². The van der Waals surface area contributed by atoms with Gasteiger partial charge in [0.05, 0.1) is 23.8 Å². The zero-order valence-electron chi connectivity index (χ0n) is 12.4. The van der Waals surface area contributed by atoms with Crippen LogP contribution in [0.15, 0.2) is 48.7 Å². The van der Waals surface area contributed by atoms with E-state index in [2.05, 4.69) is 10.3 Å². The van der Waals surface area contributed by atoms with Crippen LogP contribution in [0.25, 0.3) is 0 Å². The molecular weight excluding hydrogens is 297 g/mol. The van der Waals surface area contributed by atoms with Crippen LogP contribution in [0.4, 0.5) is 10.1 Å². The Morgan fingerprint density at radius 3 is 2.78 bits per heavy atom. The molecule has 0 radical (unpaired) electrons. The van der Waals surface area contributed by atoms with Gasteiger partial charge in [0.25, 0.3) is 0 Å². The summed E-state index contributed by atoms with van der Waals surface area (Å²) < 4.78 is 13.6. The van der Waals surface area contributed by atoms with Crippen LogP contribution >= 0.6 is 0 Å². The molecule has 1 atom stereocenters. The molecule has 2 heterocycles. The number of nitrogens with zero attached hydrogens (tertiary/aromatic N) is 2. The van der Waals surface area contributed by atoms with Crippen molar-refractivity contribution >= 4 is 17.5 Å². The number of nitrogens with one attached hydrogen (secondary N) is 1. The summed E-state index contributed by atoms with van der Waals surface area (Å²) in [6.45, 7) is 0.693. The number of benzene rings is 1. The highest BCUT2D eigenvalue weighted by Gasteiger charge is 2.34.